The van der Waals surface area contributed by atoms with E-state index in [1.165, 1.54) is 9.75 Å². The van der Waals surface area contributed by atoms with Crippen LogP contribution in [0.25, 0.3) is 0 Å². The van der Waals surface area contributed by atoms with Gasteiger partial charge in [-0.05, 0) is 38.9 Å². The van der Waals surface area contributed by atoms with Crippen molar-refractivity contribution in [1.29, 1.82) is 0 Å². The number of rotatable bonds is 8. The second-order valence-electron chi connectivity index (χ2n) is 5.61. The van der Waals surface area contributed by atoms with Crippen LogP contribution in [0.5, 0.6) is 0 Å². The minimum absolute atomic E-state index is 0.00236. The topological polar surface area (TPSA) is 52.6 Å². The lowest BCUT2D eigenvalue weighted by atomic mass is 10.1. The van der Waals surface area contributed by atoms with Gasteiger partial charge in [0.25, 0.3) is 0 Å². The number of carbonyl (C=O) groups is 1. The molecule has 0 fully saturated rings. The largest absolute Gasteiger partial charge is 0.389 e. The fraction of sp³-hybridized carbons (Fsp3) is 0.667. The van der Waals surface area contributed by atoms with Crippen LogP contribution in [0.2, 0.25) is 0 Å². The van der Waals surface area contributed by atoms with Gasteiger partial charge in [-0.2, -0.15) is 0 Å². The Balaban J connectivity index is 2.38. The SMILES string of the molecule is CCc1ccc(CNC(=O)CN(CC)CC(C)(C)O)s1. The highest BCUT2D eigenvalue weighted by Crippen LogP contribution is 2.16. The van der Waals surface area contributed by atoms with E-state index in [9.17, 15) is 9.90 Å². The van der Waals surface area contributed by atoms with E-state index in [1.54, 1.807) is 25.2 Å². The number of hydrogen-bond acceptors (Lipinski definition) is 4. The Labute approximate surface area is 125 Å². The maximum absolute atomic E-state index is 11.9. The molecule has 4 nitrogen and oxygen atoms in total. The lowest BCUT2D eigenvalue weighted by molar-refractivity contribution is -0.122. The summed E-state index contributed by atoms with van der Waals surface area (Å²) < 4.78 is 0. The molecule has 0 spiro atoms. The maximum atomic E-state index is 11.9. The van der Waals surface area contributed by atoms with Crippen molar-refractivity contribution in [2.45, 2.75) is 46.3 Å². The first-order valence-electron chi connectivity index (χ1n) is 7.13. The number of nitrogens with one attached hydrogen (secondary N) is 1. The second kappa shape index (κ2) is 7.76. The molecule has 1 heterocycles. The number of likely N-dealkylation sites (N-methyl/N-ethyl adjacent to an activating group) is 1. The Bertz CT molecular complexity index is 424. The summed E-state index contributed by atoms with van der Waals surface area (Å²) in [7, 11) is 0. The minimum Gasteiger partial charge on any atom is -0.389 e. The third-order valence-corrected chi connectivity index (χ3v) is 4.18. The van der Waals surface area contributed by atoms with E-state index in [1.807, 2.05) is 11.8 Å². The number of hydrogen-bond donors (Lipinski definition) is 2. The van der Waals surface area contributed by atoms with E-state index in [-0.39, 0.29) is 5.91 Å². The molecule has 0 unspecified atom stereocenters. The van der Waals surface area contributed by atoms with Gasteiger partial charge in [-0.25, -0.2) is 0 Å². The molecule has 20 heavy (non-hydrogen) atoms. The van der Waals surface area contributed by atoms with Crippen molar-refractivity contribution in [2.24, 2.45) is 0 Å². The van der Waals surface area contributed by atoms with Crippen LogP contribution in [0.1, 0.15) is 37.4 Å². The molecule has 0 aliphatic rings. The van der Waals surface area contributed by atoms with Crippen molar-refractivity contribution in [3.63, 3.8) is 0 Å². The predicted molar refractivity (Wildman–Crippen MR) is 84.0 cm³/mol. The lowest BCUT2D eigenvalue weighted by Crippen LogP contribution is -2.43. The van der Waals surface area contributed by atoms with E-state index in [2.05, 4.69) is 24.4 Å². The third-order valence-electron chi connectivity index (χ3n) is 2.95. The highest BCUT2D eigenvalue weighted by molar-refractivity contribution is 7.11. The molecule has 114 valence electrons. The average Bonchev–Trinajstić information content (AvgIpc) is 2.82. The van der Waals surface area contributed by atoms with E-state index < -0.39 is 5.60 Å². The quantitative estimate of drug-likeness (QED) is 0.772. The Kier molecular flexibility index (Phi) is 6.65. The normalized spacial score (nSPS) is 11.9. The van der Waals surface area contributed by atoms with Crippen molar-refractivity contribution >= 4 is 17.2 Å². The van der Waals surface area contributed by atoms with Gasteiger partial charge in [-0.15, -0.1) is 11.3 Å². The summed E-state index contributed by atoms with van der Waals surface area (Å²) in [4.78, 5) is 16.4. The molecule has 0 aromatic carbocycles. The molecule has 0 saturated heterocycles. The Morgan fingerprint density at radius 2 is 2.00 bits per heavy atom. The monoisotopic (exact) mass is 298 g/mol. The van der Waals surface area contributed by atoms with Crippen molar-refractivity contribution in [1.82, 2.24) is 10.2 Å². The third kappa shape index (κ3) is 6.50. The van der Waals surface area contributed by atoms with Gasteiger partial charge >= 0.3 is 0 Å². The molecule has 1 amide bonds. The van der Waals surface area contributed by atoms with Crippen molar-refractivity contribution in [2.75, 3.05) is 19.6 Å². The number of nitrogens with zero attached hydrogens (tertiary/aromatic N) is 1. The van der Waals surface area contributed by atoms with Crippen LogP contribution < -0.4 is 5.32 Å². The molecule has 1 aromatic rings. The highest BCUT2D eigenvalue weighted by atomic mass is 32.1. The predicted octanol–water partition coefficient (Wildman–Crippen LogP) is 2.02. The number of aryl methyl sites for hydroxylation is 1. The molecule has 5 heteroatoms. The summed E-state index contributed by atoms with van der Waals surface area (Å²) >= 11 is 1.74. The van der Waals surface area contributed by atoms with Gasteiger partial charge < -0.3 is 10.4 Å². The Hall–Kier alpha value is -0.910. The zero-order valence-electron chi connectivity index (χ0n) is 12.9. The average molecular weight is 298 g/mol. The van der Waals surface area contributed by atoms with Gasteiger partial charge in [-0.3, -0.25) is 9.69 Å². The summed E-state index contributed by atoms with van der Waals surface area (Å²) in [6.07, 6.45) is 1.04. The Morgan fingerprint density at radius 3 is 2.50 bits per heavy atom. The molecule has 0 atom stereocenters. The van der Waals surface area contributed by atoms with Gasteiger partial charge in [0, 0.05) is 16.3 Å². The van der Waals surface area contributed by atoms with Crippen LogP contribution in [0.4, 0.5) is 0 Å². The van der Waals surface area contributed by atoms with Gasteiger partial charge in [-0.1, -0.05) is 13.8 Å². The van der Waals surface area contributed by atoms with Crippen molar-refractivity contribution in [3.8, 4) is 0 Å². The Morgan fingerprint density at radius 1 is 1.35 bits per heavy atom. The maximum Gasteiger partial charge on any atom is 0.234 e. The highest BCUT2D eigenvalue weighted by Gasteiger charge is 2.19. The van der Waals surface area contributed by atoms with Gasteiger partial charge in [0.2, 0.25) is 5.91 Å². The summed E-state index contributed by atoms with van der Waals surface area (Å²) in [5.74, 6) is 0.00236. The molecular formula is C15H26N2O2S. The molecule has 0 radical (unpaired) electrons. The van der Waals surface area contributed by atoms with E-state index >= 15 is 0 Å². The molecule has 0 aliphatic carbocycles. The first-order valence-corrected chi connectivity index (χ1v) is 7.94. The lowest BCUT2D eigenvalue weighted by Gasteiger charge is -2.27. The van der Waals surface area contributed by atoms with Crippen molar-refractivity contribution < 1.29 is 9.90 Å². The minimum atomic E-state index is -0.778. The number of amides is 1. The van der Waals surface area contributed by atoms with Crippen LogP contribution in [0, 0.1) is 0 Å². The van der Waals surface area contributed by atoms with Crippen LogP contribution in [-0.2, 0) is 17.8 Å². The first-order chi connectivity index (χ1) is 9.34. The van der Waals surface area contributed by atoms with Crippen molar-refractivity contribution in [3.05, 3.63) is 21.9 Å². The van der Waals surface area contributed by atoms with E-state index in [0.29, 0.717) is 19.6 Å². The first kappa shape index (κ1) is 17.1. The van der Waals surface area contributed by atoms with Gasteiger partial charge in [0.15, 0.2) is 0 Å². The fourth-order valence-corrected chi connectivity index (χ4v) is 2.88. The molecule has 1 aromatic heterocycles. The zero-order chi connectivity index (χ0) is 15.2. The molecule has 2 N–H and O–H groups in total. The number of carbonyl (C=O) groups excluding carboxylic acids is 1. The van der Waals surface area contributed by atoms with Gasteiger partial charge in [0.05, 0.1) is 18.7 Å². The smallest absolute Gasteiger partial charge is 0.234 e. The zero-order valence-corrected chi connectivity index (χ0v) is 13.7. The molecule has 0 saturated carbocycles. The second-order valence-corrected chi connectivity index (χ2v) is 6.87. The summed E-state index contributed by atoms with van der Waals surface area (Å²) in [6.45, 7) is 9.79. The van der Waals surface area contributed by atoms with Crippen LogP contribution in [0.3, 0.4) is 0 Å². The summed E-state index contributed by atoms with van der Waals surface area (Å²) in [5, 5.41) is 12.7. The molecule has 1 rings (SSSR count). The number of aliphatic hydroxyl groups is 1. The summed E-state index contributed by atoms with van der Waals surface area (Å²) in [5.41, 5.74) is -0.778. The van der Waals surface area contributed by atoms with Crippen LogP contribution in [0.15, 0.2) is 12.1 Å². The van der Waals surface area contributed by atoms with Gasteiger partial charge in [0.1, 0.15) is 0 Å². The number of thiophene rings is 1. The molecular weight excluding hydrogens is 272 g/mol. The van der Waals surface area contributed by atoms with Crippen LogP contribution >= 0.6 is 11.3 Å². The standard InChI is InChI=1S/C15H26N2O2S/c1-5-12-7-8-13(20-12)9-16-14(18)10-17(6-2)11-15(3,4)19/h7-8,19H,5-6,9-11H2,1-4H3,(H,16,18). The van der Waals surface area contributed by atoms with Crippen LogP contribution in [-0.4, -0.2) is 41.1 Å². The summed E-state index contributed by atoms with van der Waals surface area (Å²) in [6, 6.07) is 4.18. The fourth-order valence-electron chi connectivity index (χ4n) is 1.98. The molecule has 0 bridgehead atoms. The van der Waals surface area contributed by atoms with E-state index in [0.717, 1.165) is 13.0 Å². The molecule has 0 aliphatic heterocycles. The van der Waals surface area contributed by atoms with E-state index in [4.69, 9.17) is 0 Å².